The molecule has 1 heterocycles. The number of ketones is 1. The van der Waals surface area contributed by atoms with E-state index in [0.717, 1.165) is 12.8 Å². The van der Waals surface area contributed by atoms with Crippen molar-refractivity contribution >= 4 is 5.78 Å². The van der Waals surface area contributed by atoms with Gasteiger partial charge in [0.1, 0.15) is 6.61 Å². The van der Waals surface area contributed by atoms with Gasteiger partial charge < -0.3 is 4.74 Å². The lowest BCUT2D eigenvalue weighted by Gasteiger charge is -2.06. The van der Waals surface area contributed by atoms with Crippen molar-refractivity contribution in [2.45, 2.75) is 18.9 Å². The maximum absolute atomic E-state index is 10.6. The number of carbonyl (C=O) groups excluding carboxylic acids is 1. The number of fused-ring (bicyclic) bond motifs is 1. The normalized spacial score (nSPS) is 43.8. The third kappa shape index (κ3) is 0.564. The molecule has 0 aromatic carbocycles. The molecular formula is C6H8O2. The van der Waals surface area contributed by atoms with Gasteiger partial charge in [-0.25, -0.2) is 0 Å². The Kier molecular flexibility index (Phi) is 0.742. The summed E-state index contributed by atoms with van der Waals surface area (Å²) in [6.45, 7) is 0.376. The van der Waals surface area contributed by atoms with Crippen molar-refractivity contribution in [2.24, 2.45) is 5.92 Å². The predicted molar refractivity (Wildman–Crippen MR) is 27.5 cm³/mol. The molecule has 0 radical (unpaired) electrons. The van der Waals surface area contributed by atoms with Crippen LogP contribution in [0.3, 0.4) is 0 Å². The second-order valence-corrected chi connectivity index (χ2v) is 2.59. The first kappa shape index (κ1) is 4.50. The van der Waals surface area contributed by atoms with Crippen molar-refractivity contribution in [1.82, 2.24) is 0 Å². The van der Waals surface area contributed by atoms with E-state index in [1.807, 2.05) is 0 Å². The fraction of sp³-hybridized carbons (Fsp3) is 0.833. The zero-order valence-corrected chi connectivity index (χ0v) is 4.59. The zero-order chi connectivity index (χ0) is 5.56. The summed E-state index contributed by atoms with van der Waals surface area (Å²) < 4.78 is 5.11. The lowest BCUT2D eigenvalue weighted by atomic mass is 10.2. The molecule has 2 aliphatic rings. The molecule has 44 valence electrons. The minimum absolute atomic E-state index is 0.281. The first-order chi connectivity index (χ1) is 3.86. The van der Waals surface area contributed by atoms with Crippen molar-refractivity contribution in [2.75, 3.05) is 6.61 Å². The van der Waals surface area contributed by atoms with E-state index in [0.29, 0.717) is 18.6 Å². The van der Waals surface area contributed by atoms with E-state index in [-0.39, 0.29) is 5.78 Å². The molecule has 0 amide bonds. The molecule has 1 aliphatic heterocycles. The average molecular weight is 112 g/mol. The Balaban J connectivity index is 2.02. The van der Waals surface area contributed by atoms with E-state index < -0.39 is 0 Å². The maximum atomic E-state index is 10.6. The molecule has 1 saturated heterocycles. The molecule has 2 atom stereocenters. The highest BCUT2D eigenvalue weighted by molar-refractivity contribution is 5.81. The number of rotatable bonds is 0. The summed E-state index contributed by atoms with van der Waals surface area (Å²) in [5.74, 6) is 0.889. The molecule has 1 saturated carbocycles. The summed E-state index contributed by atoms with van der Waals surface area (Å²) in [6.07, 6.45) is 2.38. The molecule has 2 unspecified atom stereocenters. The highest BCUT2D eigenvalue weighted by Crippen LogP contribution is 2.39. The number of ether oxygens (including phenoxy) is 1. The van der Waals surface area contributed by atoms with Gasteiger partial charge in [0.2, 0.25) is 0 Å². The Labute approximate surface area is 47.8 Å². The Morgan fingerprint density at radius 3 is 3.12 bits per heavy atom. The van der Waals surface area contributed by atoms with Gasteiger partial charge in [0.05, 0.1) is 6.10 Å². The van der Waals surface area contributed by atoms with Crippen molar-refractivity contribution in [1.29, 1.82) is 0 Å². The van der Waals surface area contributed by atoms with Gasteiger partial charge in [0, 0.05) is 6.42 Å². The second-order valence-electron chi connectivity index (χ2n) is 2.59. The largest absolute Gasteiger partial charge is 0.370 e. The molecule has 0 N–H and O–H groups in total. The lowest BCUT2D eigenvalue weighted by molar-refractivity contribution is -0.127. The number of Topliss-reactive ketones (excluding diaryl/α,β-unsaturated/α-hetero) is 1. The average Bonchev–Trinajstić information content (AvgIpc) is 2.43. The molecule has 1 aliphatic carbocycles. The fourth-order valence-corrected chi connectivity index (χ4v) is 1.19. The summed E-state index contributed by atoms with van der Waals surface area (Å²) in [6, 6.07) is 0. The van der Waals surface area contributed by atoms with Crippen LogP contribution in [-0.2, 0) is 9.53 Å². The van der Waals surface area contributed by atoms with Crippen LogP contribution >= 0.6 is 0 Å². The molecule has 0 bridgehead atoms. The van der Waals surface area contributed by atoms with Crippen LogP contribution < -0.4 is 0 Å². The third-order valence-corrected chi connectivity index (χ3v) is 1.81. The second kappa shape index (κ2) is 1.32. The van der Waals surface area contributed by atoms with E-state index in [2.05, 4.69) is 0 Å². The van der Waals surface area contributed by atoms with Gasteiger partial charge in [-0.15, -0.1) is 0 Å². The highest BCUT2D eigenvalue weighted by atomic mass is 16.5. The van der Waals surface area contributed by atoms with Gasteiger partial charge in [0.25, 0.3) is 0 Å². The van der Waals surface area contributed by atoms with E-state index in [9.17, 15) is 4.79 Å². The molecular weight excluding hydrogens is 104 g/mol. The molecule has 0 aromatic heterocycles. The van der Waals surface area contributed by atoms with Crippen molar-refractivity contribution < 1.29 is 9.53 Å². The van der Waals surface area contributed by atoms with Crippen LogP contribution in [0.1, 0.15) is 12.8 Å². The topological polar surface area (TPSA) is 26.3 Å². The lowest BCUT2D eigenvalue weighted by Crippen LogP contribution is -2.17. The molecule has 0 spiro atoms. The molecule has 8 heavy (non-hydrogen) atoms. The number of hydrogen-bond donors (Lipinski definition) is 0. The summed E-state index contributed by atoms with van der Waals surface area (Å²) in [4.78, 5) is 10.6. The predicted octanol–water partition coefficient (Wildman–Crippen LogP) is 0.364. The summed E-state index contributed by atoms with van der Waals surface area (Å²) in [5.41, 5.74) is 0. The SMILES string of the molecule is O=C1COC2CC2C1. The minimum Gasteiger partial charge on any atom is -0.370 e. The van der Waals surface area contributed by atoms with Gasteiger partial charge in [-0.3, -0.25) is 4.79 Å². The van der Waals surface area contributed by atoms with Gasteiger partial charge in [-0.05, 0) is 12.3 Å². The maximum Gasteiger partial charge on any atom is 0.158 e. The van der Waals surface area contributed by atoms with Gasteiger partial charge in [-0.1, -0.05) is 0 Å². The molecule has 0 aromatic rings. The van der Waals surface area contributed by atoms with Crippen molar-refractivity contribution in [3.05, 3.63) is 0 Å². The van der Waals surface area contributed by atoms with Gasteiger partial charge in [-0.2, -0.15) is 0 Å². The van der Waals surface area contributed by atoms with Crippen LogP contribution in [0.2, 0.25) is 0 Å². The van der Waals surface area contributed by atoms with Crippen LogP contribution in [0.5, 0.6) is 0 Å². The summed E-state index contributed by atoms with van der Waals surface area (Å²) in [7, 11) is 0. The van der Waals surface area contributed by atoms with Gasteiger partial charge in [0.15, 0.2) is 5.78 Å². The Morgan fingerprint density at radius 1 is 1.62 bits per heavy atom. The monoisotopic (exact) mass is 112 g/mol. The summed E-state index contributed by atoms with van der Waals surface area (Å²) in [5, 5.41) is 0. The van der Waals surface area contributed by atoms with Crippen LogP contribution in [-0.4, -0.2) is 18.5 Å². The van der Waals surface area contributed by atoms with E-state index >= 15 is 0 Å². The van der Waals surface area contributed by atoms with Gasteiger partial charge >= 0.3 is 0 Å². The number of carbonyl (C=O) groups is 1. The van der Waals surface area contributed by atoms with Crippen molar-refractivity contribution in [3.8, 4) is 0 Å². The first-order valence-corrected chi connectivity index (χ1v) is 2.99. The Bertz CT molecular complexity index is 130. The summed E-state index contributed by atoms with van der Waals surface area (Å²) >= 11 is 0. The van der Waals surface area contributed by atoms with Crippen LogP contribution in [0.4, 0.5) is 0 Å². The van der Waals surface area contributed by atoms with Crippen LogP contribution in [0.15, 0.2) is 0 Å². The van der Waals surface area contributed by atoms with Crippen LogP contribution in [0, 0.1) is 5.92 Å². The van der Waals surface area contributed by atoms with Crippen molar-refractivity contribution in [3.63, 3.8) is 0 Å². The quantitative estimate of drug-likeness (QED) is 0.452. The number of hydrogen-bond acceptors (Lipinski definition) is 2. The minimum atomic E-state index is 0.281. The zero-order valence-electron chi connectivity index (χ0n) is 4.59. The smallest absolute Gasteiger partial charge is 0.158 e. The Hall–Kier alpha value is -0.370. The molecule has 2 heteroatoms. The molecule has 2 fully saturated rings. The standard InChI is InChI=1S/C6H8O2/c7-5-1-4-2-6(4)8-3-5/h4,6H,1-3H2. The highest BCUT2D eigenvalue weighted by Gasteiger charge is 2.43. The van der Waals surface area contributed by atoms with Crippen LogP contribution in [0.25, 0.3) is 0 Å². The fourth-order valence-electron chi connectivity index (χ4n) is 1.19. The third-order valence-electron chi connectivity index (χ3n) is 1.81. The molecule has 2 nitrogen and oxygen atoms in total. The first-order valence-electron chi connectivity index (χ1n) is 2.99. The van der Waals surface area contributed by atoms with E-state index in [4.69, 9.17) is 4.74 Å². The Morgan fingerprint density at radius 2 is 2.50 bits per heavy atom. The van der Waals surface area contributed by atoms with E-state index in [1.54, 1.807) is 0 Å². The van der Waals surface area contributed by atoms with E-state index in [1.165, 1.54) is 0 Å². The molecule has 2 rings (SSSR count).